The summed E-state index contributed by atoms with van der Waals surface area (Å²) < 4.78 is 5.41. The van der Waals surface area contributed by atoms with Gasteiger partial charge in [0.1, 0.15) is 6.10 Å². The molecule has 4 nitrogen and oxygen atoms in total. The Balaban J connectivity index is 2.06. The van der Waals surface area contributed by atoms with E-state index in [0.29, 0.717) is 5.92 Å². The molecule has 0 aromatic heterocycles. The van der Waals surface area contributed by atoms with Crippen LogP contribution in [0.4, 0.5) is 0 Å². The molecule has 0 aliphatic heterocycles. The Morgan fingerprint density at radius 2 is 1.68 bits per heavy atom. The van der Waals surface area contributed by atoms with Crippen LogP contribution >= 0.6 is 0 Å². The van der Waals surface area contributed by atoms with Gasteiger partial charge in [-0.25, -0.2) is 9.59 Å². The molecular formula is C15H18O4. The van der Waals surface area contributed by atoms with Gasteiger partial charge in [0, 0.05) is 0 Å². The lowest BCUT2D eigenvalue weighted by Crippen LogP contribution is -2.24. The Hall–Kier alpha value is -1.84. The molecule has 2 rings (SSSR count). The fraction of sp³-hybridized carbons (Fsp3) is 0.467. The number of hydrogen-bond acceptors (Lipinski definition) is 3. The molecule has 0 heterocycles. The van der Waals surface area contributed by atoms with Crippen LogP contribution in [0.2, 0.25) is 0 Å². The van der Waals surface area contributed by atoms with Crippen molar-refractivity contribution in [2.75, 3.05) is 0 Å². The van der Waals surface area contributed by atoms with Crippen LogP contribution in [0.3, 0.4) is 0 Å². The Morgan fingerprint density at radius 1 is 1.11 bits per heavy atom. The highest BCUT2D eigenvalue weighted by atomic mass is 16.5. The lowest BCUT2D eigenvalue weighted by molar-refractivity contribution is 0.0170. The summed E-state index contributed by atoms with van der Waals surface area (Å²) in [5.41, 5.74) is 0.130. The third kappa shape index (κ3) is 3.34. The van der Waals surface area contributed by atoms with Gasteiger partial charge in [0.05, 0.1) is 11.1 Å². The van der Waals surface area contributed by atoms with Gasteiger partial charge in [0.15, 0.2) is 0 Å². The van der Waals surface area contributed by atoms with Gasteiger partial charge in [0.2, 0.25) is 0 Å². The molecule has 1 aliphatic carbocycles. The van der Waals surface area contributed by atoms with Crippen molar-refractivity contribution in [1.82, 2.24) is 0 Å². The molecule has 0 unspecified atom stereocenters. The Morgan fingerprint density at radius 3 is 2.26 bits per heavy atom. The van der Waals surface area contributed by atoms with E-state index in [4.69, 9.17) is 9.84 Å². The van der Waals surface area contributed by atoms with E-state index in [1.807, 2.05) is 0 Å². The highest BCUT2D eigenvalue weighted by Crippen LogP contribution is 2.26. The van der Waals surface area contributed by atoms with Crippen molar-refractivity contribution in [3.05, 3.63) is 35.4 Å². The molecule has 1 N–H and O–H groups in total. The van der Waals surface area contributed by atoms with E-state index in [1.54, 1.807) is 12.1 Å². The minimum Gasteiger partial charge on any atom is -0.478 e. The van der Waals surface area contributed by atoms with Gasteiger partial charge in [-0.15, -0.1) is 0 Å². The number of rotatable bonds is 3. The average molecular weight is 262 g/mol. The summed E-state index contributed by atoms with van der Waals surface area (Å²) in [6.45, 7) is 2.19. The summed E-state index contributed by atoms with van der Waals surface area (Å²) in [6, 6.07) is 6.16. The van der Waals surface area contributed by atoms with Crippen LogP contribution in [0.1, 0.15) is 53.3 Å². The summed E-state index contributed by atoms with van der Waals surface area (Å²) in [5.74, 6) is -0.955. The van der Waals surface area contributed by atoms with Gasteiger partial charge in [-0.3, -0.25) is 0 Å². The van der Waals surface area contributed by atoms with Gasteiger partial charge in [-0.1, -0.05) is 19.1 Å². The van der Waals surface area contributed by atoms with Crippen LogP contribution in [-0.4, -0.2) is 23.1 Å². The number of carboxylic acid groups (broad SMARTS) is 1. The maximum absolute atomic E-state index is 12.0. The first-order valence-electron chi connectivity index (χ1n) is 6.61. The molecule has 0 bridgehead atoms. The number of ether oxygens (including phenoxy) is 1. The van der Waals surface area contributed by atoms with E-state index in [1.165, 1.54) is 12.1 Å². The number of aromatic carboxylic acids is 1. The molecule has 0 radical (unpaired) electrons. The summed E-state index contributed by atoms with van der Waals surface area (Å²) in [5, 5.41) is 9.05. The topological polar surface area (TPSA) is 63.6 Å². The first kappa shape index (κ1) is 13.6. The highest BCUT2D eigenvalue weighted by Gasteiger charge is 2.24. The van der Waals surface area contributed by atoms with Crippen LogP contribution < -0.4 is 0 Å². The van der Waals surface area contributed by atoms with E-state index in [-0.39, 0.29) is 17.2 Å². The summed E-state index contributed by atoms with van der Waals surface area (Å²) >= 11 is 0. The third-order valence-electron chi connectivity index (χ3n) is 3.61. The van der Waals surface area contributed by atoms with Crippen LogP contribution in [-0.2, 0) is 4.74 Å². The third-order valence-corrected chi connectivity index (χ3v) is 3.61. The zero-order valence-electron chi connectivity index (χ0n) is 11.0. The molecule has 1 saturated carbocycles. The number of benzene rings is 1. The zero-order valence-corrected chi connectivity index (χ0v) is 11.0. The second-order valence-electron chi connectivity index (χ2n) is 5.14. The minimum absolute atomic E-state index is 0.00308. The van der Waals surface area contributed by atoms with E-state index in [0.717, 1.165) is 25.7 Å². The van der Waals surface area contributed by atoms with E-state index >= 15 is 0 Å². The lowest BCUT2D eigenvalue weighted by atomic mass is 9.89. The normalized spacial score (nSPS) is 22.8. The van der Waals surface area contributed by atoms with Crippen molar-refractivity contribution in [1.29, 1.82) is 0 Å². The molecule has 0 atom stereocenters. The first-order valence-corrected chi connectivity index (χ1v) is 6.61. The lowest BCUT2D eigenvalue weighted by Gasteiger charge is -2.26. The van der Waals surface area contributed by atoms with Gasteiger partial charge in [-0.05, 0) is 43.7 Å². The molecule has 1 aliphatic rings. The van der Waals surface area contributed by atoms with Gasteiger partial charge >= 0.3 is 11.9 Å². The molecule has 102 valence electrons. The van der Waals surface area contributed by atoms with Crippen LogP contribution in [0.25, 0.3) is 0 Å². The summed E-state index contributed by atoms with van der Waals surface area (Å²) in [7, 11) is 0. The SMILES string of the molecule is CC1CCC(OC(=O)c2ccccc2C(=O)O)CC1. The van der Waals surface area contributed by atoms with Crippen molar-refractivity contribution in [2.45, 2.75) is 38.7 Å². The highest BCUT2D eigenvalue weighted by molar-refractivity contribution is 6.02. The second-order valence-corrected chi connectivity index (χ2v) is 5.14. The predicted octanol–water partition coefficient (Wildman–Crippen LogP) is 3.12. The van der Waals surface area contributed by atoms with E-state index in [2.05, 4.69) is 6.92 Å². The number of hydrogen-bond donors (Lipinski definition) is 1. The molecule has 19 heavy (non-hydrogen) atoms. The predicted molar refractivity (Wildman–Crippen MR) is 70.2 cm³/mol. The maximum atomic E-state index is 12.0. The Labute approximate surface area is 112 Å². The Kier molecular flexibility index (Phi) is 4.20. The quantitative estimate of drug-likeness (QED) is 0.850. The van der Waals surface area contributed by atoms with Crippen molar-refractivity contribution in [2.24, 2.45) is 5.92 Å². The van der Waals surface area contributed by atoms with Gasteiger partial charge in [0.25, 0.3) is 0 Å². The van der Waals surface area contributed by atoms with Crippen molar-refractivity contribution in [3.63, 3.8) is 0 Å². The molecular weight excluding hydrogens is 244 g/mol. The smallest absolute Gasteiger partial charge is 0.339 e. The van der Waals surface area contributed by atoms with Gasteiger partial charge < -0.3 is 9.84 Å². The van der Waals surface area contributed by atoms with E-state index < -0.39 is 11.9 Å². The fourth-order valence-corrected chi connectivity index (χ4v) is 2.41. The second kappa shape index (κ2) is 5.87. The fourth-order valence-electron chi connectivity index (χ4n) is 2.41. The number of carbonyl (C=O) groups excluding carboxylic acids is 1. The molecule has 4 heteroatoms. The minimum atomic E-state index is -1.11. The number of carbonyl (C=O) groups is 2. The van der Waals surface area contributed by atoms with Crippen molar-refractivity contribution in [3.8, 4) is 0 Å². The summed E-state index contributed by atoms with van der Waals surface area (Å²) in [4.78, 5) is 23.1. The maximum Gasteiger partial charge on any atom is 0.339 e. The largest absolute Gasteiger partial charge is 0.478 e. The molecule has 1 aromatic carbocycles. The monoisotopic (exact) mass is 262 g/mol. The van der Waals surface area contributed by atoms with Crippen LogP contribution in [0.15, 0.2) is 24.3 Å². The van der Waals surface area contributed by atoms with Crippen LogP contribution in [0, 0.1) is 5.92 Å². The molecule has 1 aromatic rings. The van der Waals surface area contributed by atoms with E-state index in [9.17, 15) is 9.59 Å². The Bertz CT molecular complexity index is 473. The molecule has 0 spiro atoms. The van der Waals surface area contributed by atoms with Crippen LogP contribution in [0.5, 0.6) is 0 Å². The van der Waals surface area contributed by atoms with Crippen molar-refractivity contribution < 1.29 is 19.4 Å². The first-order chi connectivity index (χ1) is 9.08. The molecule has 0 amide bonds. The van der Waals surface area contributed by atoms with Gasteiger partial charge in [-0.2, -0.15) is 0 Å². The zero-order chi connectivity index (χ0) is 13.8. The summed E-state index contributed by atoms with van der Waals surface area (Å²) in [6.07, 6.45) is 3.76. The molecule has 1 fully saturated rings. The number of esters is 1. The van der Waals surface area contributed by atoms with Crippen molar-refractivity contribution >= 4 is 11.9 Å². The average Bonchev–Trinajstić information content (AvgIpc) is 2.41. The molecule has 0 saturated heterocycles. The standard InChI is InChI=1S/C15H18O4/c1-10-6-8-11(9-7-10)19-15(18)13-5-3-2-4-12(13)14(16)17/h2-5,10-11H,6-9H2,1H3,(H,16,17). The number of carboxylic acids is 1.